The fraction of sp³-hybridized carbons (Fsp3) is 0.800. The van der Waals surface area contributed by atoms with Crippen LogP contribution in [0.2, 0.25) is 0 Å². The number of nitrogens with zero attached hydrogens (tertiary/aromatic N) is 1. The number of carbonyl (C=O) groups excluding carboxylic acids is 1. The van der Waals surface area contributed by atoms with E-state index in [1.165, 1.54) is 0 Å². The molecule has 1 fully saturated rings. The average Bonchev–Trinajstić information content (AvgIpc) is 2.35. The minimum atomic E-state index is -1.22. The van der Waals surface area contributed by atoms with Gasteiger partial charge >= 0.3 is 12.0 Å². The molecule has 0 saturated carbocycles. The van der Waals surface area contributed by atoms with Gasteiger partial charge in [-0.05, 0) is 6.42 Å². The fourth-order valence-corrected chi connectivity index (χ4v) is 2.76. The Kier molecular flexibility index (Phi) is 5.57. The first kappa shape index (κ1) is 14.1. The third-order valence-corrected chi connectivity index (χ3v) is 4.03. The number of aliphatic hydroxyl groups excluding tert-OH is 1. The summed E-state index contributed by atoms with van der Waals surface area (Å²) in [6, 6.07) is -1.64. The van der Waals surface area contributed by atoms with Gasteiger partial charge in [0.15, 0.2) is 6.04 Å². The summed E-state index contributed by atoms with van der Waals surface area (Å²) in [5, 5.41) is 20.3. The van der Waals surface area contributed by atoms with Crippen molar-refractivity contribution in [2.45, 2.75) is 24.6 Å². The van der Waals surface area contributed by atoms with Crippen LogP contribution >= 0.6 is 11.8 Å². The molecule has 2 atom stereocenters. The monoisotopic (exact) mass is 262 g/mol. The molecular formula is C10H18N2O4S. The van der Waals surface area contributed by atoms with Crippen LogP contribution in [-0.4, -0.2) is 63.9 Å². The number of aliphatic carboxylic acids is 1. The molecule has 2 amide bonds. The number of rotatable bonds is 4. The molecule has 0 aromatic heterocycles. The largest absolute Gasteiger partial charge is 0.480 e. The van der Waals surface area contributed by atoms with Gasteiger partial charge < -0.3 is 20.4 Å². The van der Waals surface area contributed by atoms with Gasteiger partial charge in [-0.3, -0.25) is 0 Å². The first-order valence-corrected chi connectivity index (χ1v) is 6.64. The number of thioether (sulfide) groups is 1. The zero-order chi connectivity index (χ0) is 12.8. The third-order valence-electron chi connectivity index (χ3n) is 2.66. The lowest BCUT2D eigenvalue weighted by Gasteiger charge is -2.32. The quantitative estimate of drug-likeness (QED) is 0.662. The van der Waals surface area contributed by atoms with E-state index in [1.54, 1.807) is 4.90 Å². The standard InChI is InChI=1S/C10H18N2O4S/c1-2-7-5-12(3-4-17-7)10(16)11-8(6-13)9(14)15/h7-8,13H,2-6H2,1H3,(H,11,16)(H,14,15)/t7?,8-/m0/s1. The summed E-state index contributed by atoms with van der Waals surface area (Å²) in [7, 11) is 0. The van der Waals surface area contributed by atoms with E-state index in [0.29, 0.717) is 18.3 Å². The van der Waals surface area contributed by atoms with Crippen molar-refractivity contribution in [1.82, 2.24) is 10.2 Å². The predicted octanol–water partition coefficient (Wildman–Crippen LogP) is -0.0311. The van der Waals surface area contributed by atoms with Crippen molar-refractivity contribution in [3.05, 3.63) is 0 Å². The zero-order valence-electron chi connectivity index (χ0n) is 9.76. The first-order valence-electron chi connectivity index (χ1n) is 5.59. The van der Waals surface area contributed by atoms with Crippen LogP contribution in [-0.2, 0) is 4.79 Å². The van der Waals surface area contributed by atoms with Crippen molar-refractivity contribution in [1.29, 1.82) is 0 Å². The molecule has 0 aromatic carbocycles. The Morgan fingerprint density at radius 3 is 2.82 bits per heavy atom. The minimum Gasteiger partial charge on any atom is -0.480 e. The summed E-state index contributed by atoms with van der Waals surface area (Å²) in [4.78, 5) is 24.0. The van der Waals surface area contributed by atoms with E-state index >= 15 is 0 Å². The molecule has 1 aliphatic heterocycles. The van der Waals surface area contributed by atoms with Crippen LogP contribution in [0.1, 0.15) is 13.3 Å². The molecule has 98 valence electrons. The summed E-state index contributed by atoms with van der Waals surface area (Å²) in [5.41, 5.74) is 0. The Balaban J connectivity index is 2.48. The van der Waals surface area contributed by atoms with Gasteiger partial charge in [0.25, 0.3) is 0 Å². The lowest BCUT2D eigenvalue weighted by molar-refractivity contribution is -0.140. The average molecular weight is 262 g/mol. The molecule has 0 aromatic rings. The maximum Gasteiger partial charge on any atom is 0.328 e. The van der Waals surface area contributed by atoms with E-state index in [-0.39, 0.29) is 0 Å². The topological polar surface area (TPSA) is 89.9 Å². The Labute approximate surface area is 104 Å². The highest BCUT2D eigenvalue weighted by atomic mass is 32.2. The van der Waals surface area contributed by atoms with Crippen LogP contribution in [0.4, 0.5) is 4.79 Å². The second kappa shape index (κ2) is 6.70. The van der Waals surface area contributed by atoms with E-state index in [1.807, 2.05) is 11.8 Å². The van der Waals surface area contributed by atoms with Crippen LogP contribution < -0.4 is 5.32 Å². The van der Waals surface area contributed by atoms with E-state index in [2.05, 4.69) is 12.2 Å². The highest BCUT2D eigenvalue weighted by molar-refractivity contribution is 8.00. The number of carboxylic acids is 1. The van der Waals surface area contributed by atoms with Crippen LogP contribution in [0.15, 0.2) is 0 Å². The summed E-state index contributed by atoms with van der Waals surface area (Å²) in [6.45, 7) is 2.71. The van der Waals surface area contributed by atoms with E-state index in [9.17, 15) is 9.59 Å². The molecule has 1 aliphatic rings. The smallest absolute Gasteiger partial charge is 0.328 e. The predicted molar refractivity (Wildman–Crippen MR) is 65.2 cm³/mol. The highest BCUT2D eigenvalue weighted by Crippen LogP contribution is 2.20. The zero-order valence-corrected chi connectivity index (χ0v) is 10.6. The SMILES string of the molecule is CCC1CN(C(=O)N[C@@H](CO)C(=O)O)CCS1. The molecule has 7 heteroatoms. The maximum absolute atomic E-state index is 11.8. The number of urea groups is 1. The number of carboxylic acid groups (broad SMARTS) is 1. The van der Waals surface area contributed by atoms with Gasteiger partial charge in [0.05, 0.1) is 6.61 Å². The molecule has 3 N–H and O–H groups in total. The Morgan fingerprint density at radius 1 is 1.59 bits per heavy atom. The second-order valence-corrected chi connectivity index (χ2v) is 5.28. The second-order valence-electron chi connectivity index (χ2n) is 3.87. The lowest BCUT2D eigenvalue weighted by Crippen LogP contribution is -2.52. The van der Waals surface area contributed by atoms with Crippen molar-refractivity contribution >= 4 is 23.8 Å². The molecule has 0 bridgehead atoms. The molecule has 0 aliphatic carbocycles. The summed E-state index contributed by atoms with van der Waals surface area (Å²) >= 11 is 1.83. The van der Waals surface area contributed by atoms with Crippen molar-refractivity contribution in [2.75, 3.05) is 25.4 Å². The van der Waals surface area contributed by atoms with Gasteiger partial charge in [0.2, 0.25) is 0 Å². The van der Waals surface area contributed by atoms with Gasteiger partial charge in [0.1, 0.15) is 0 Å². The van der Waals surface area contributed by atoms with Crippen LogP contribution in [0.5, 0.6) is 0 Å². The number of hydrogen-bond acceptors (Lipinski definition) is 4. The van der Waals surface area contributed by atoms with E-state index in [4.69, 9.17) is 10.2 Å². The van der Waals surface area contributed by atoms with Crippen molar-refractivity contribution in [3.8, 4) is 0 Å². The van der Waals surface area contributed by atoms with Gasteiger partial charge in [0, 0.05) is 24.1 Å². The number of amides is 2. The number of hydrogen-bond donors (Lipinski definition) is 3. The van der Waals surface area contributed by atoms with Crippen LogP contribution in [0.25, 0.3) is 0 Å². The third kappa shape index (κ3) is 4.08. The molecule has 0 radical (unpaired) electrons. The summed E-state index contributed by atoms with van der Waals surface area (Å²) in [5.74, 6) is -0.359. The summed E-state index contributed by atoms with van der Waals surface area (Å²) in [6.07, 6.45) is 0.983. The normalized spacial score (nSPS) is 22.0. The Hall–Kier alpha value is -0.950. The van der Waals surface area contributed by atoms with Crippen LogP contribution in [0.3, 0.4) is 0 Å². The highest BCUT2D eigenvalue weighted by Gasteiger charge is 2.26. The molecule has 1 saturated heterocycles. The number of aliphatic hydroxyl groups is 1. The van der Waals surface area contributed by atoms with Crippen molar-refractivity contribution < 1.29 is 19.8 Å². The van der Waals surface area contributed by atoms with E-state index in [0.717, 1.165) is 12.2 Å². The van der Waals surface area contributed by atoms with Gasteiger partial charge in [-0.25, -0.2) is 9.59 Å². The molecule has 1 rings (SSSR count). The Morgan fingerprint density at radius 2 is 2.29 bits per heavy atom. The maximum atomic E-state index is 11.8. The van der Waals surface area contributed by atoms with Crippen molar-refractivity contribution in [3.63, 3.8) is 0 Å². The minimum absolute atomic E-state index is 0.409. The van der Waals surface area contributed by atoms with E-state index < -0.39 is 24.6 Å². The first-order chi connectivity index (χ1) is 8.08. The Bertz CT molecular complexity index is 287. The summed E-state index contributed by atoms with van der Waals surface area (Å²) < 4.78 is 0. The van der Waals surface area contributed by atoms with Crippen molar-refractivity contribution in [2.24, 2.45) is 0 Å². The molecule has 6 nitrogen and oxygen atoms in total. The molecule has 17 heavy (non-hydrogen) atoms. The van der Waals surface area contributed by atoms with Gasteiger partial charge in [-0.2, -0.15) is 11.8 Å². The molecule has 0 spiro atoms. The van der Waals surface area contributed by atoms with Crippen LogP contribution in [0, 0.1) is 0 Å². The molecule has 1 unspecified atom stereocenters. The number of nitrogens with one attached hydrogen (secondary N) is 1. The molecule has 1 heterocycles. The molecular weight excluding hydrogens is 244 g/mol. The lowest BCUT2D eigenvalue weighted by atomic mass is 10.3. The van der Waals surface area contributed by atoms with Gasteiger partial charge in [-0.15, -0.1) is 0 Å². The fourth-order valence-electron chi connectivity index (χ4n) is 1.58. The number of carbonyl (C=O) groups is 2. The van der Waals surface area contributed by atoms with Gasteiger partial charge in [-0.1, -0.05) is 6.92 Å².